The van der Waals surface area contributed by atoms with Gasteiger partial charge in [0.1, 0.15) is 0 Å². The Bertz CT molecular complexity index is 525. The highest BCUT2D eigenvalue weighted by molar-refractivity contribution is 5.74. The molecule has 0 aromatic heterocycles. The quantitative estimate of drug-likeness (QED) is 0.879. The summed E-state index contributed by atoms with van der Waals surface area (Å²) in [4.78, 5) is 11.5. The monoisotopic (exact) mass is 291 g/mol. The lowest BCUT2D eigenvalue weighted by Crippen LogP contribution is -2.54. The van der Waals surface area contributed by atoms with Gasteiger partial charge in [0.15, 0.2) is 0 Å². The first kappa shape index (κ1) is 16.0. The number of aliphatic carboxylic acids is 1. The Morgan fingerprint density at radius 1 is 1.24 bits per heavy atom. The van der Waals surface area contributed by atoms with Crippen LogP contribution in [-0.4, -0.2) is 21.8 Å². The van der Waals surface area contributed by atoms with E-state index in [0.717, 1.165) is 5.56 Å². The van der Waals surface area contributed by atoms with E-state index >= 15 is 0 Å². The summed E-state index contributed by atoms with van der Waals surface area (Å²) in [7, 11) is 0. The second kappa shape index (κ2) is 5.11. The fourth-order valence-corrected chi connectivity index (χ4v) is 3.42. The lowest BCUT2D eigenvalue weighted by molar-refractivity contribution is -0.325. The minimum atomic E-state index is -1.24. The molecule has 0 unspecified atom stereocenters. The van der Waals surface area contributed by atoms with Crippen LogP contribution in [0, 0.1) is 10.8 Å². The van der Waals surface area contributed by atoms with Crippen LogP contribution in [0.15, 0.2) is 30.3 Å². The third-order valence-corrected chi connectivity index (χ3v) is 5.75. The summed E-state index contributed by atoms with van der Waals surface area (Å²) in [5.41, 5.74) is -2.49. The molecule has 0 spiro atoms. The minimum absolute atomic E-state index is 0.118. The Kier molecular flexibility index (Phi) is 3.89. The van der Waals surface area contributed by atoms with E-state index in [1.807, 2.05) is 18.2 Å². The molecule has 1 aliphatic rings. The number of carbonyl (C=O) groups is 1. The molecule has 1 saturated carbocycles. The number of benzene rings is 1. The minimum Gasteiger partial charge on any atom is -0.550 e. The molecule has 3 atom stereocenters. The smallest absolute Gasteiger partial charge is 0.0817 e. The zero-order valence-electron chi connectivity index (χ0n) is 12.8. The molecule has 0 bridgehead atoms. The van der Waals surface area contributed by atoms with Crippen LogP contribution < -0.4 is 5.11 Å². The molecule has 4 heteroatoms. The summed E-state index contributed by atoms with van der Waals surface area (Å²) in [6.07, 6.45) is -0.0127. The van der Waals surface area contributed by atoms with Gasteiger partial charge in [-0.05, 0) is 18.4 Å². The van der Waals surface area contributed by atoms with Crippen molar-refractivity contribution >= 4 is 5.97 Å². The van der Waals surface area contributed by atoms with Crippen molar-refractivity contribution in [3.63, 3.8) is 0 Å². The zero-order chi connectivity index (χ0) is 15.9. The van der Waals surface area contributed by atoms with Crippen LogP contribution in [0.3, 0.4) is 0 Å². The van der Waals surface area contributed by atoms with Crippen LogP contribution >= 0.6 is 0 Å². The van der Waals surface area contributed by atoms with Crippen molar-refractivity contribution in [1.82, 2.24) is 0 Å². The number of rotatable bonds is 4. The number of aliphatic hydroxyl groups excluding tert-OH is 1. The molecule has 0 saturated heterocycles. The van der Waals surface area contributed by atoms with Crippen molar-refractivity contribution in [1.29, 1.82) is 0 Å². The first-order valence-electron chi connectivity index (χ1n) is 7.31. The van der Waals surface area contributed by atoms with Crippen molar-refractivity contribution in [2.75, 3.05) is 0 Å². The number of carboxylic acid groups (broad SMARTS) is 1. The molecule has 0 radical (unpaired) electrons. The summed E-state index contributed by atoms with van der Waals surface area (Å²) in [5.74, 6) is -1.14. The van der Waals surface area contributed by atoms with E-state index in [2.05, 4.69) is 0 Å². The first-order valence-corrected chi connectivity index (χ1v) is 7.31. The van der Waals surface area contributed by atoms with Crippen LogP contribution in [0.2, 0.25) is 0 Å². The van der Waals surface area contributed by atoms with E-state index in [-0.39, 0.29) is 6.42 Å². The Hall–Kier alpha value is -1.39. The molecular formula is C17H23O4-. The highest BCUT2D eigenvalue weighted by Crippen LogP contribution is 2.60. The maximum Gasteiger partial charge on any atom is 0.0817 e. The second-order valence-electron chi connectivity index (χ2n) is 6.91. The molecule has 1 aromatic carbocycles. The Morgan fingerprint density at radius 3 is 2.29 bits per heavy atom. The SMILES string of the molecule is CC1(C)[C@@](O)(C[C@H](O)c2ccccc2)CC[C@]1(C)C(=O)[O-]. The van der Waals surface area contributed by atoms with E-state index in [9.17, 15) is 20.1 Å². The van der Waals surface area contributed by atoms with Crippen LogP contribution in [0.1, 0.15) is 51.7 Å². The third-order valence-electron chi connectivity index (χ3n) is 5.75. The lowest BCUT2D eigenvalue weighted by atomic mass is 9.62. The average Bonchev–Trinajstić information content (AvgIpc) is 2.61. The standard InChI is InChI=1S/C17H24O4/c1-15(2)16(3,14(19)20)9-10-17(15,21)11-13(18)12-7-5-4-6-8-12/h4-8,13,18,21H,9-11H2,1-3H3,(H,19,20)/p-1/t13-,16+,17-/m0/s1. The molecule has 116 valence electrons. The van der Waals surface area contributed by atoms with Gasteiger partial charge in [0, 0.05) is 23.2 Å². The molecule has 1 aliphatic carbocycles. The fourth-order valence-electron chi connectivity index (χ4n) is 3.42. The second-order valence-corrected chi connectivity index (χ2v) is 6.91. The fraction of sp³-hybridized carbons (Fsp3) is 0.588. The molecule has 0 heterocycles. The topological polar surface area (TPSA) is 80.6 Å². The zero-order valence-corrected chi connectivity index (χ0v) is 12.8. The highest BCUT2D eigenvalue weighted by Gasteiger charge is 2.60. The predicted molar refractivity (Wildman–Crippen MR) is 77.1 cm³/mol. The summed E-state index contributed by atoms with van der Waals surface area (Å²) < 4.78 is 0. The van der Waals surface area contributed by atoms with Gasteiger partial charge in [-0.15, -0.1) is 0 Å². The molecule has 0 aliphatic heterocycles. The van der Waals surface area contributed by atoms with E-state index in [0.29, 0.717) is 12.8 Å². The molecule has 0 amide bonds. The van der Waals surface area contributed by atoms with Crippen LogP contribution in [-0.2, 0) is 4.79 Å². The molecule has 2 rings (SSSR count). The number of hydrogen-bond acceptors (Lipinski definition) is 4. The predicted octanol–water partition coefficient (Wildman–Crippen LogP) is 1.42. The van der Waals surface area contributed by atoms with Gasteiger partial charge < -0.3 is 20.1 Å². The van der Waals surface area contributed by atoms with E-state index in [4.69, 9.17) is 0 Å². The largest absolute Gasteiger partial charge is 0.550 e. The molecule has 4 nitrogen and oxygen atoms in total. The molecule has 2 N–H and O–H groups in total. The van der Waals surface area contributed by atoms with Gasteiger partial charge >= 0.3 is 0 Å². The highest BCUT2D eigenvalue weighted by atomic mass is 16.4. The van der Waals surface area contributed by atoms with Gasteiger partial charge in [-0.25, -0.2) is 0 Å². The van der Waals surface area contributed by atoms with Gasteiger partial charge in [-0.1, -0.05) is 51.1 Å². The summed E-state index contributed by atoms with van der Waals surface area (Å²) in [6.45, 7) is 5.11. The summed E-state index contributed by atoms with van der Waals surface area (Å²) >= 11 is 0. The number of aliphatic hydroxyl groups is 2. The van der Waals surface area contributed by atoms with Crippen molar-refractivity contribution in [2.45, 2.75) is 51.7 Å². The van der Waals surface area contributed by atoms with Gasteiger partial charge in [0.25, 0.3) is 0 Å². The lowest BCUT2D eigenvalue weighted by Gasteiger charge is -2.47. The van der Waals surface area contributed by atoms with Crippen LogP contribution in [0.4, 0.5) is 0 Å². The maximum absolute atomic E-state index is 11.5. The average molecular weight is 291 g/mol. The normalized spacial score (nSPS) is 32.8. The number of hydrogen-bond donors (Lipinski definition) is 2. The van der Waals surface area contributed by atoms with E-state index in [1.165, 1.54) is 0 Å². The molecule has 1 aromatic rings. The van der Waals surface area contributed by atoms with Crippen molar-refractivity contribution < 1.29 is 20.1 Å². The number of carboxylic acids is 1. The molecular weight excluding hydrogens is 268 g/mol. The van der Waals surface area contributed by atoms with E-state index in [1.54, 1.807) is 32.9 Å². The summed E-state index contributed by atoms with van der Waals surface area (Å²) in [6, 6.07) is 9.11. The van der Waals surface area contributed by atoms with Crippen molar-refractivity contribution in [2.24, 2.45) is 10.8 Å². The first-order chi connectivity index (χ1) is 9.64. The summed E-state index contributed by atoms with van der Waals surface area (Å²) in [5, 5.41) is 32.8. The molecule has 1 fully saturated rings. The van der Waals surface area contributed by atoms with Gasteiger partial charge in [-0.2, -0.15) is 0 Å². The molecule has 21 heavy (non-hydrogen) atoms. The maximum atomic E-state index is 11.5. The van der Waals surface area contributed by atoms with Crippen LogP contribution in [0.5, 0.6) is 0 Å². The Morgan fingerprint density at radius 2 is 1.81 bits per heavy atom. The van der Waals surface area contributed by atoms with Crippen molar-refractivity contribution in [3.8, 4) is 0 Å². The van der Waals surface area contributed by atoms with Gasteiger partial charge in [0.05, 0.1) is 11.7 Å². The third kappa shape index (κ3) is 2.36. The van der Waals surface area contributed by atoms with Crippen LogP contribution in [0.25, 0.3) is 0 Å². The van der Waals surface area contributed by atoms with E-state index < -0.39 is 28.5 Å². The Balaban J connectivity index is 2.26. The number of carbonyl (C=O) groups excluding carboxylic acids is 1. The van der Waals surface area contributed by atoms with Crippen molar-refractivity contribution in [3.05, 3.63) is 35.9 Å². The van der Waals surface area contributed by atoms with Gasteiger partial charge in [-0.3, -0.25) is 0 Å². The Labute approximate surface area is 125 Å². The van der Waals surface area contributed by atoms with Gasteiger partial charge in [0.2, 0.25) is 0 Å².